The highest BCUT2D eigenvalue weighted by Crippen LogP contribution is 2.32. The van der Waals surface area contributed by atoms with Crippen LogP contribution in [0.3, 0.4) is 0 Å². The predicted octanol–water partition coefficient (Wildman–Crippen LogP) is 3.40. The van der Waals surface area contributed by atoms with Crippen LogP contribution in [-0.2, 0) is 13.1 Å². The predicted molar refractivity (Wildman–Crippen MR) is 114 cm³/mol. The van der Waals surface area contributed by atoms with Crippen LogP contribution in [0.25, 0.3) is 5.69 Å². The number of hydrogen-bond acceptors (Lipinski definition) is 5. The van der Waals surface area contributed by atoms with Crippen molar-refractivity contribution < 1.29 is 9.47 Å². The molecule has 2 aliphatic rings. The molecule has 2 aromatic carbocycles. The lowest BCUT2D eigenvalue weighted by atomic mass is 10.1. The molecule has 0 aliphatic carbocycles. The summed E-state index contributed by atoms with van der Waals surface area (Å²) < 4.78 is 13.0. The van der Waals surface area contributed by atoms with Crippen LogP contribution in [0.5, 0.6) is 11.5 Å². The number of benzene rings is 2. The average molecular weight is 400 g/mol. The Bertz CT molecular complexity index is 1080. The quantitative estimate of drug-likeness (QED) is 0.657. The second-order valence-corrected chi connectivity index (χ2v) is 7.74. The van der Waals surface area contributed by atoms with Crippen molar-refractivity contribution in [3.8, 4) is 23.3 Å². The number of ether oxygens (including phenoxy) is 2. The van der Waals surface area contributed by atoms with Gasteiger partial charge in [0.2, 0.25) is 6.79 Å². The minimum Gasteiger partial charge on any atom is -0.454 e. The number of nitrogens with zero attached hydrogens (tertiary/aromatic N) is 4. The molecule has 3 heterocycles. The van der Waals surface area contributed by atoms with E-state index in [1.807, 2.05) is 36.5 Å². The largest absolute Gasteiger partial charge is 0.454 e. The molecule has 0 radical (unpaired) electrons. The van der Waals surface area contributed by atoms with Crippen molar-refractivity contribution in [1.82, 2.24) is 14.4 Å². The SMILES string of the molecule is N#Cc1ccccc1-n1cccc1CN1CCN(Cc2ccc3c(c2)OCO3)CC1. The van der Waals surface area contributed by atoms with E-state index in [0.717, 1.165) is 56.5 Å². The lowest BCUT2D eigenvalue weighted by Crippen LogP contribution is -2.45. The zero-order valence-corrected chi connectivity index (χ0v) is 16.8. The molecular formula is C24H24N4O2. The molecule has 1 aromatic heterocycles. The van der Waals surface area contributed by atoms with Crippen LogP contribution in [0.4, 0.5) is 0 Å². The summed E-state index contributed by atoms with van der Waals surface area (Å²) in [7, 11) is 0. The van der Waals surface area contributed by atoms with E-state index in [1.165, 1.54) is 11.3 Å². The fourth-order valence-electron chi connectivity index (χ4n) is 4.19. The molecule has 30 heavy (non-hydrogen) atoms. The van der Waals surface area contributed by atoms with Crippen LogP contribution in [-0.4, -0.2) is 47.3 Å². The van der Waals surface area contributed by atoms with Crippen LogP contribution in [0.1, 0.15) is 16.8 Å². The zero-order chi connectivity index (χ0) is 20.3. The Morgan fingerprint density at radius 1 is 0.833 bits per heavy atom. The van der Waals surface area contributed by atoms with Crippen LogP contribution in [0, 0.1) is 11.3 Å². The Labute approximate surface area is 176 Å². The first kappa shape index (κ1) is 18.7. The molecule has 0 N–H and O–H groups in total. The van der Waals surface area contributed by atoms with E-state index < -0.39 is 0 Å². The van der Waals surface area contributed by atoms with Crippen molar-refractivity contribution in [2.45, 2.75) is 13.1 Å². The minimum atomic E-state index is 0.317. The number of nitriles is 1. The molecule has 0 bridgehead atoms. The van der Waals surface area contributed by atoms with Crippen molar-refractivity contribution in [1.29, 1.82) is 5.26 Å². The van der Waals surface area contributed by atoms with Crippen LogP contribution in [0.2, 0.25) is 0 Å². The second-order valence-electron chi connectivity index (χ2n) is 7.74. The van der Waals surface area contributed by atoms with Crippen molar-refractivity contribution in [3.63, 3.8) is 0 Å². The van der Waals surface area contributed by atoms with Crippen molar-refractivity contribution in [3.05, 3.63) is 77.6 Å². The Morgan fingerprint density at radius 2 is 1.60 bits per heavy atom. The van der Waals surface area contributed by atoms with Gasteiger partial charge in [0.05, 0.1) is 11.3 Å². The maximum Gasteiger partial charge on any atom is 0.231 e. The van der Waals surface area contributed by atoms with Crippen molar-refractivity contribution >= 4 is 0 Å². The highest BCUT2D eigenvalue weighted by molar-refractivity contribution is 5.50. The lowest BCUT2D eigenvalue weighted by Gasteiger charge is -2.34. The Kier molecular flexibility index (Phi) is 5.14. The van der Waals surface area contributed by atoms with Crippen LogP contribution < -0.4 is 9.47 Å². The third-order valence-electron chi connectivity index (χ3n) is 5.81. The number of rotatable bonds is 5. The molecule has 0 atom stereocenters. The highest BCUT2D eigenvalue weighted by atomic mass is 16.7. The summed E-state index contributed by atoms with van der Waals surface area (Å²) >= 11 is 0. The number of hydrogen-bond donors (Lipinski definition) is 0. The monoisotopic (exact) mass is 400 g/mol. The van der Waals surface area contributed by atoms with Gasteiger partial charge in [-0.05, 0) is 42.0 Å². The zero-order valence-electron chi connectivity index (χ0n) is 16.8. The molecule has 1 saturated heterocycles. The average Bonchev–Trinajstić information content (AvgIpc) is 3.44. The number of piperazine rings is 1. The fraction of sp³-hybridized carbons (Fsp3) is 0.292. The van der Waals surface area contributed by atoms with Gasteiger partial charge in [-0.1, -0.05) is 18.2 Å². The van der Waals surface area contributed by atoms with E-state index in [9.17, 15) is 5.26 Å². The molecular weight excluding hydrogens is 376 g/mol. The van der Waals surface area contributed by atoms with Gasteiger partial charge in [0.1, 0.15) is 6.07 Å². The minimum absolute atomic E-state index is 0.317. The Hall–Kier alpha value is -3.27. The van der Waals surface area contributed by atoms with Gasteiger partial charge in [-0.2, -0.15) is 5.26 Å². The van der Waals surface area contributed by atoms with E-state index in [2.05, 4.69) is 44.7 Å². The van der Waals surface area contributed by atoms with Gasteiger partial charge < -0.3 is 14.0 Å². The summed E-state index contributed by atoms with van der Waals surface area (Å²) in [6.45, 7) is 6.23. The normalized spacial score (nSPS) is 16.5. The molecule has 1 fully saturated rings. The van der Waals surface area contributed by atoms with E-state index in [4.69, 9.17) is 9.47 Å². The van der Waals surface area contributed by atoms with Gasteiger partial charge in [0, 0.05) is 51.2 Å². The van der Waals surface area contributed by atoms with Crippen LogP contribution in [0.15, 0.2) is 60.8 Å². The molecule has 5 rings (SSSR count). The summed E-state index contributed by atoms with van der Waals surface area (Å²) in [6, 6.07) is 20.5. The van der Waals surface area contributed by atoms with Crippen molar-refractivity contribution in [2.24, 2.45) is 0 Å². The van der Waals surface area contributed by atoms with Gasteiger partial charge in [0.15, 0.2) is 11.5 Å². The van der Waals surface area contributed by atoms with Gasteiger partial charge >= 0.3 is 0 Å². The van der Waals surface area contributed by atoms with E-state index in [0.29, 0.717) is 12.4 Å². The standard InChI is InChI=1S/C24H24N4O2/c25-15-20-4-1-2-6-22(20)28-9-3-5-21(28)17-27-12-10-26(11-13-27)16-19-7-8-23-24(14-19)30-18-29-23/h1-9,14H,10-13,16-18H2. The number of aromatic nitrogens is 1. The molecule has 6 heteroatoms. The van der Waals surface area contributed by atoms with E-state index >= 15 is 0 Å². The van der Waals surface area contributed by atoms with E-state index in [-0.39, 0.29) is 0 Å². The van der Waals surface area contributed by atoms with Gasteiger partial charge in [-0.3, -0.25) is 9.80 Å². The lowest BCUT2D eigenvalue weighted by molar-refractivity contribution is 0.120. The summed E-state index contributed by atoms with van der Waals surface area (Å²) in [5.74, 6) is 1.69. The Balaban J connectivity index is 1.20. The first-order valence-corrected chi connectivity index (χ1v) is 10.3. The highest BCUT2D eigenvalue weighted by Gasteiger charge is 2.20. The van der Waals surface area contributed by atoms with Gasteiger partial charge in [0.25, 0.3) is 0 Å². The van der Waals surface area contributed by atoms with Crippen LogP contribution >= 0.6 is 0 Å². The first-order chi connectivity index (χ1) is 14.8. The third-order valence-corrected chi connectivity index (χ3v) is 5.81. The first-order valence-electron chi connectivity index (χ1n) is 10.3. The third kappa shape index (κ3) is 3.78. The Morgan fingerprint density at radius 3 is 2.43 bits per heavy atom. The topological polar surface area (TPSA) is 53.7 Å². The van der Waals surface area contributed by atoms with Gasteiger partial charge in [-0.15, -0.1) is 0 Å². The summed E-state index contributed by atoms with van der Waals surface area (Å²) in [5.41, 5.74) is 4.11. The molecule has 0 saturated carbocycles. The maximum absolute atomic E-state index is 9.44. The molecule has 0 amide bonds. The molecule has 6 nitrogen and oxygen atoms in total. The summed E-state index contributed by atoms with van der Waals surface area (Å²) in [5, 5.41) is 9.44. The van der Waals surface area contributed by atoms with Crippen molar-refractivity contribution in [2.75, 3.05) is 33.0 Å². The molecule has 0 spiro atoms. The van der Waals surface area contributed by atoms with Gasteiger partial charge in [-0.25, -0.2) is 0 Å². The molecule has 3 aromatic rings. The summed E-state index contributed by atoms with van der Waals surface area (Å²) in [6.07, 6.45) is 2.04. The fourth-order valence-corrected chi connectivity index (χ4v) is 4.19. The smallest absolute Gasteiger partial charge is 0.231 e. The summed E-state index contributed by atoms with van der Waals surface area (Å²) in [4.78, 5) is 4.97. The molecule has 0 unspecified atom stereocenters. The second kappa shape index (κ2) is 8.23. The van der Waals surface area contributed by atoms with E-state index in [1.54, 1.807) is 0 Å². The molecule has 2 aliphatic heterocycles. The number of fused-ring (bicyclic) bond motifs is 1. The number of para-hydroxylation sites is 1. The maximum atomic E-state index is 9.44. The molecule has 152 valence electrons.